The third kappa shape index (κ3) is 5.51. The number of sulfonamides is 1. The first-order chi connectivity index (χ1) is 9.53. The minimum atomic E-state index is -3.60. The maximum Gasteiger partial charge on any atom is 0.275 e. The zero-order chi connectivity index (χ0) is 16.3. The van der Waals surface area contributed by atoms with E-state index in [0.29, 0.717) is 0 Å². The van der Waals surface area contributed by atoms with E-state index in [1.807, 2.05) is 34.6 Å². The first kappa shape index (κ1) is 17.7. The van der Waals surface area contributed by atoms with Crippen molar-refractivity contribution >= 4 is 15.7 Å². The van der Waals surface area contributed by atoms with E-state index in [4.69, 9.17) is 4.74 Å². The topological polar surface area (TPSA) is 77.4 Å². The summed E-state index contributed by atoms with van der Waals surface area (Å²) in [5.74, 6) is -0.185. The molecule has 1 N–H and O–H groups in total. The van der Waals surface area contributed by atoms with Crippen LogP contribution in [0, 0.1) is 0 Å². The van der Waals surface area contributed by atoms with E-state index in [1.165, 1.54) is 10.6 Å². The zero-order valence-corrected chi connectivity index (χ0v) is 14.0. The van der Waals surface area contributed by atoms with Crippen molar-refractivity contribution in [3.8, 4) is 0 Å². The fourth-order valence-corrected chi connectivity index (χ4v) is 2.62. The molecule has 1 heterocycles. The van der Waals surface area contributed by atoms with Crippen molar-refractivity contribution in [3.63, 3.8) is 0 Å². The molecule has 120 valence electrons. The second-order valence-electron chi connectivity index (χ2n) is 6.11. The van der Waals surface area contributed by atoms with Gasteiger partial charge in [0.25, 0.3) is 5.56 Å². The Kier molecular flexibility index (Phi) is 5.58. The van der Waals surface area contributed by atoms with Gasteiger partial charge >= 0.3 is 0 Å². The quantitative estimate of drug-likeness (QED) is 0.867. The minimum Gasteiger partial charge on any atom is -0.378 e. The van der Waals surface area contributed by atoms with Gasteiger partial charge < -0.3 is 9.30 Å². The van der Waals surface area contributed by atoms with Crippen molar-refractivity contribution in [3.05, 3.63) is 28.7 Å². The van der Waals surface area contributed by atoms with Crippen LogP contribution in [0.3, 0.4) is 0 Å². The summed E-state index contributed by atoms with van der Waals surface area (Å²) in [5, 5.41) is 0. The first-order valence-electron chi connectivity index (χ1n) is 6.87. The summed E-state index contributed by atoms with van der Waals surface area (Å²) in [5.41, 5.74) is -0.727. The fraction of sp³-hybridized carbons (Fsp3) is 0.643. The summed E-state index contributed by atoms with van der Waals surface area (Å²) in [6.07, 6.45) is 1.61. The van der Waals surface area contributed by atoms with E-state index < -0.39 is 15.6 Å². The van der Waals surface area contributed by atoms with Crippen LogP contribution in [-0.2, 0) is 20.3 Å². The van der Waals surface area contributed by atoms with Crippen molar-refractivity contribution in [1.29, 1.82) is 0 Å². The number of nitrogens with one attached hydrogen (secondary N) is 1. The molecule has 0 bridgehead atoms. The van der Waals surface area contributed by atoms with Crippen LogP contribution in [0.1, 0.15) is 34.6 Å². The number of ether oxygens (including phenoxy) is 1. The maximum atomic E-state index is 12.3. The first-order valence-corrected chi connectivity index (χ1v) is 8.52. The van der Waals surface area contributed by atoms with Gasteiger partial charge in [-0.2, -0.15) is 0 Å². The highest BCUT2D eigenvalue weighted by molar-refractivity contribution is 7.92. The number of pyridine rings is 1. The molecule has 6 nitrogen and oxygen atoms in total. The Hall–Kier alpha value is -1.34. The van der Waals surface area contributed by atoms with Crippen molar-refractivity contribution in [2.24, 2.45) is 0 Å². The zero-order valence-electron chi connectivity index (χ0n) is 13.2. The van der Waals surface area contributed by atoms with Gasteiger partial charge in [-0.25, -0.2) is 8.42 Å². The van der Waals surface area contributed by atoms with Crippen LogP contribution in [0.5, 0.6) is 0 Å². The molecule has 1 aromatic heterocycles. The van der Waals surface area contributed by atoms with Crippen LogP contribution in [-0.4, -0.2) is 31.4 Å². The summed E-state index contributed by atoms with van der Waals surface area (Å²) in [6.45, 7) is 9.39. The molecule has 0 radical (unpaired) electrons. The monoisotopic (exact) mass is 316 g/mol. The normalized spacial score (nSPS) is 12.7. The van der Waals surface area contributed by atoms with Gasteiger partial charge in [-0.1, -0.05) is 0 Å². The molecule has 0 unspecified atom stereocenters. The Labute approximate surface area is 126 Å². The molecule has 0 spiro atoms. The third-order valence-corrected chi connectivity index (χ3v) is 3.97. The number of hydrogen-bond acceptors (Lipinski definition) is 4. The standard InChI is InChI=1S/C14H24N2O4S/c1-11(2)20-9-10-21(18,19)15-12-7-6-8-16(13(12)17)14(3,4)5/h6-8,11,15H,9-10H2,1-5H3. The van der Waals surface area contributed by atoms with Gasteiger partial charge in [0.05, 0.1) is 18.5 Å². The van der Waals surface area contributed by atoms with E-state index in [1.54, 1.807) is 12.3 Å². The lowest BCUT2D eigenvalue weighted by Gasteiger charge is -2.23. The molecule has 0 saturated heterocycles. The van der Waals surface area contributed by atoms with Gasteiger partial charge in [-0.05, 0) is 46.8 Å². The van der Waals surface area contributed by atoms with Crippen molar-refractivity contribution in [2.45, 2.75) is 46.3 Å². The van der Waals surface area contributed by atoms with E-state index >= 15 is 0 Å². The summed E-state index contributed by atoms with van der Waals surface area (Å²) in [6, 6.07) is 3.11. The van der Waals surface area contributed by atoms with Crippen LogP contribution < -0.4 is 10.3 Å². The summed E-state index contributed by atoms with van der Waals surface area (Å²) >= 11 is 0. The van der Waals surface area contributed by atoms with Crippen LogP contribution in [0.2, 0.25) is 0 Å². The van der Waals surface area contributed by atoms with E-state index in [9.17, 15) is 13.2 Å². The molecule has 7 heteroatoms. The second-order valence-corrected chi connectivity index (χ2v) is 7.95. The Morgan fingerprint density at radius 1 is 1.33 bits per heavy atom. The van der Waals surface area contributed by atoms with Crippen LogP contribution in [0.25, 0.3) is 0 Å². The predicted molar refractivity (Wildman–Crippen MR) is 84.2 cm³/mol. The van der Waals surface area contributed by atoms with Crippen LogP contribution in [0.15, 0.2) is 23.1 Å². The Morgan fingerprint density at radius 3 is 2.48 bits per heavy atom. The van der Waals surface area contributed by atoms with Crippen LogP contribution in [0.4, 0.5) is 5.69 Å². The minimum absolute atomic E-state index is 0.0324. The molecule has 0 aromatic carbocycles. The van der Waals surface area contributed by atoms with Crippen molar-refractivity contribution in [1.82, 2.24) is 4.57 Å². The average molecular weight is 316 g/mol. The Morgan fingerprint density at radius 2 is 1.95 bits per heavy atom. The van der Waals surface area contributed by atoms with Gasteiger partial charge in [0.15, 0.2) is 0 Å². The number of hydrogen-bond donors (Lipinski definition) is 1. The number of rotatable bonds is 6. The maximum absolute atomic E-state index is 12.3. The molecule has 0 aliphatic heterocycles. The van der Waals surface area contributed by atoms with E-state index in [-0.39, 0.29) is 29.7 Å². The molecule has 0 atom stereocenters. The summed E-state index contributed by atoms with van der Waals surface area (Å²) < 4.78 is 33.0. The molecule has 0 aliphatic rings. The number of aromatic nitrogens is 1. The fourth-order valence-electron chi connectivity index (χ4n) is 1.71. The molecule has 1 rings (SSSR count). The van der Waals surface area contributed by atoms with Gasteiger partial charge in [0.2, 0.25) is 10.0 Å². The summed E-state index contributed by atoms with van der Waals surface area (Å²) in [4.78, 5) is 12.3. The highest BCUT2D eigenvalue weighted by Gasteiger charge is 2.18. The smallest absolute Gasteiger partial charge is 0.275 e. The molecule has 0 amide bonds. The predicted octanol–water partition coefficient (Wildman–Crippen LogP) is 1.77. The van der Waals surface area contributed by atoms with Gasteiger partial charge in [0, 0.05) is 11.7 Å². The molecule has 0 fully saturated rings. The molecule has 0 aliphatic carbocycles. The van der Waals surface area contributed by atoms with Gasteiger partial charge in [-0.3, -0.25) is 9.52 Å². The van der Waals surface area contributed by atoms with Gasteiger partial charge in [0.1, 0.15) is 5.69 Å². The Bertz CT molecular complexity index is 627. The SMILES string of the molecule is CC(C)OCCS(=O)(=O)Nc1cccn(C(C)(C)C)c1=O. The second kappa shape index (κ2) is 6.62. The van der Waals surface area contributed by atoms with Crippen molar-refractivity contribution in [2.75, 3.05) is 17.1 Å². The van der Waals surface area contributed by atoms with Crippen LogP contribution >= 0.6 is 0 Å². The van der Waals surface area contributed by atoms with E-state index in [2.05, 4.69) is 4.72 Å². The molecule has 0 saturated carbocycles. The molecule has 21 heavy (non-hydrogen) atoms. The van der Waals surface area contributed by atoms with Crippen molar-refractivity contribution < 1.29 is 13.2 Å². The Balaban J connectivity index is 2.91. The lowest BCUT2D eigenvalue weighted by Crippen LogP contribution is -2.35. The largest absolute Gasteiger partial charge is 0.378 e. The van der Waals surface area contributed by atoms with E-state index in [0.717, 1.165) is 0 Å². The highest BCUT2D eigenvalue weighted by Crippen LogP contribution is 2.12. The highest BCUT2D eigenvalue weighted by atomic mass is 32.2. The lowest BCUT2D eigenvalue weighted by molar-refractivity contribution is 0.0913. The lowest BCUT2D eigenvalue weighted by atomic mass is 10.1. The number of anilines is 1. The number of nitrogens with zero attached hydrogens (tertiary/aromatic N) is 1. The third-order valence-electron chi connectivity index (χ3n) is 2.74. The molecular formula is C14H24N2O4S. The molecule has 1 aromatic rings. The molecular weight excluding hydrogens is 292 g/mol. The van der Waals surface area contributed by atoms with Gasteiger partial charge in [-0.15, -0.1) is 0 Å². The average Bonchev–Trinajstić information content (AvgIpc) is 2.29. The summed E-state index contributed by atoms with van der Waals surface area (Å²) in [7, 11) is -3.60.